The normalized spacial score (nSPS) is 10.6. The Hall–Kier alpha value is -4.27. The van der Waals surface area contributed by atoms with Gasteiger partial charge < -0.3 is 14.8 Å². The number of para-hydroxylation sites is 3. The second-order valence-corrected chi connectivity index (χ2v) is 6.34. The van der Waals surface area contributed by atoms with Crippen molar-refractivity contribution in [1.29, 1.82) is 0 Å². The summed E-state index contributed by atoms with van der Waals surface area (Å²) in [6.45, 7) is 1.86. The average molecular weight is 403 g/mol. The molecule has 1 N–H and O–H groups in total. The zero-order valence-corrected chi connectivity index (χ0v) is 16.2. The zero-order chi connectivity index (χ0) is 21.1. The first-order chi connectivity index (χ1) is 14.6. The molecule has 4 rings (SSSR count). The highest BCUT2D eigenvalue weighted by atomic mass is 16.6. The lowest BCUT2D eigenvalue weighted by Crippen LogP contribution is -2.04. The first-order valence-electron chi connectivity index (χ1n) is 9.00. The fourth-order valence-corrected chi connectivity index (χ4v) is 2.97. The molecule has 150 valence electrons. The van der Waals surface area contributed by atoms with Crippen LogP contribution >= 0.6 is 0 Å². The predicted octanol–water partition coefficient (Wildman–Crippen LogP) is 4.79. The topological polar surface area (TPSA) is 112 Å². The van der Waals surface area contributed by atoms with Crippen LogP contribution in [-0.4, -0.2) is 27.0 Å². The number of anilines is 2. The Kier molecular flexibility index (Phi) is 5.08. The minimum atomic E-state index is -0.586. The molecule has 0 radical (unpaired) electrons. The lowest BCUT2D eigenvalue weighted by atomic mass is 10.2. The predicted molar refractivity (Wildman–Crippen MR) is 112 cm³/mol. The Morgan fingerprint density at radius 1 is 1.00 bits per heavy atom. The van der Waals surface area contributed by atoms with Gasteiger partial charge in [-0.05, 0) is 31.2 Å². The number of hydrogen-bond donors (Lipinski definition) is 1. The Balaban J connectivity index is 1.78. The molecule has 2 aromatic carbocycles. The van der Waals surface area contributed by atoms with Crippen LogP contribution < -0.4 is 14.8 Å². The van der Waals surface area contributed by atoms with E-state index in [9.17, 15) is 10.1 Å². The van der Waals surface area contributed by atoms with E-state index in [2.05, 4.69) is 20.3 Å². The van der Waals surface area contributed by atoms with Crippen molar-refractivity contribution in [2.75, 3.05) is 12.4 Å². The molecule has 30 heavy (non-hydrogen) atoms. The summed E-state index contributed by atoms with van der Waals surface area (Å²) in [5.41, 5.74) is 1.52. The second kappa shape index (κ2) is 8.00. The van der Waals surface area contributed by atoms with Crippen molar-refractivity contribution in [1.82, 2.24) is 15.0 Å². The van der Waals surface area contributed by atoms with Crippen molar-refractivity contribution in [3.05, 3.63) is 76.7 Å². The summed E-state index contributed by atoms with van der Waals surface area (Å²) in [5, 5.41) is 15.6. The van der Waals surface area contributed by atoms with E-state index in [1.807, 2.05) is 25.1 Å². The highest BCUT2D eigenvalue weighted by Crippen LogP contribution is 2.38. The van der Waals surface area contributed by atoms with Gasteiger partial charge in [-0.1, -0.05) is 30.3 Å². The SMILES string of the molecule is COc1ccccc1Nc1ncnc(Oc2cccc3ccc(C)nc23)c1[N+](=O)[O-]. The van der Waals surface area contributed by atoms with E-state index >= 15 is 0 Å². The van der Waals surface area contributed by atoms with Crippen molar-refractivity contribution in [3.8, 4) is 17.4 Å². The Labute approximate surface area is 171 Å². The highest BCUT2D eigenvalue weighted by Gasteiger charge is 2.26. The summed E-state index contributed by atoms with van der Waals surface area (Å²) < 4.78 is 11.1. The molecule has 0 saturated carbocycles. The number of methoxy groups -OCH3 is 1. The molecule has 9 heteroatoms. The summed E-state index contributed by atoms with van der Waals surface area (Å²) in [7, 11) is 1.51. The van der Waals surface area contributed by atoms with E-state index < -0.39 is 10.6 Å². The lowest BCUT2D eigenvalue weighted by Gasteiger charge is -2.12. The monoisotopic (exact) mass is 403 g/mol. The molecule has 0 aliphatic rings. The van der Waals surface area contributed by atoms with E-state index in [1.165, 1.54) is 13.4 Å². The van der Waals surface area contributed by atoms with Crippen molar-refractivity contribution in [2.45, 2.75) is 6.92 Å². The molecule has 0 fully saturated rings. The number of aryl methyl sites for hydroxylation is 1. The Morgan fingerprint density at radius 3 is 2.60 bits per heavy atom. The van der Waals surface area contributed by atoms with Crippen molar-refractivity contribution >= 4 is 28.1 Å². The maximum atomic E-state index is 11.9. The van der Waals surface area contributed by atoms with Gasteiger partial charge in [0.15, 0.2) is 5.75 Å². The van der Waals surface area contributed by atoms with Gasteiger partial charge in [0.2, 0.25) is 5.82 Å². The maximum Gasteiger partial charge on any atom is 0.373 e. The minimum absolute atomic E-state index is 0.0149. The van der Waals surface area contributed by atoms with E-state index in [-0.39, 0.29) is 11.7 Å². The van der Waals surface area contributed by atoms with Gasteiger partial charge >= 0.3 is 11.6 Å². The number of pyridine rings is 1. The van der Waals surface area contributed by atoms with Crippen molar-refractivity contribution < 1.29 is 14.4 Å². The lowest BCUT2D eigenvalue weighted by molar-refractivity contribution is -0.385. The molecule has 0 amide bonds. The van der Waals surface area contributed by atoms with Crippen molar-refractivity contribution in [3.63, 3.8) is 0 Å². The third kappa shape index (κ3) is 3.68. The van der Waals surface area contributed by atoms with Gasteiger partial charge in [-0.3, -0.25) is 10.1 Å². The first-order valence-corrected chi connectivity index (χ1v) is 9.00. The quantitative estimate of drug-likeness (QED) is 0.361. The van der Waals surface area contributed by atoms with Crippen LogP contribution in [0.25, 0.3) is 10.9 Å². The molecule has 9 nitrogen and oxygen atoms in total. The molecular formula is C21H17N5O4. The van der Waals surface area contributed by atoms with Crippen LogP contribution in [0.4, 0.5) is 17.2 Å². The van der Waals surface area contributed by atoms with E-state index in [0.717, 1.165) is 11.1 Å². The smallest absolute Gasteiger partial charge is 0.373 e. The number of fused-ring (bicyclic) bond motifs is 1. The third-order valence-electron chi connectivity index (χ3n) is 4.36. The number of nitro groups is 1. The maximum absolute atomic E-state index is 11.9. The molecule has 0 bridgehead atoms. The average Bonchev–Trinajstić information content (AvgIpc) is 2.74. The van der Waals surface area contributed by atoms with E-state index in [4.69, 9.17) is 9.47 Å². The summed E-state index contributed by atoms with van der Waals surface area (Å²) in [6, 6.07) is 16.2. The molecule has 0 unspecified atom stereocenters. The molecule has 2 aromatic heterocycles. The third-order valence-corrected chi connectivity index (χ3v) is 4.36. The van der Waals surface area contributed by atoms with Crippen LogP contribution in [0.5, 0.6) is 17.4 Å². The summed E-state index contributed by atoms with van der Waals surface area (Å²) in [5.74, 6) is 0.671. The van der Waals surface area contributed by atoms with Gasteiger partial charge in [0.25, 0.3) is 0 Å². The van der Waals surface area contributed by atoms with Gasteiger partial charge in [0.05, 0.1) is 17.7 Å². The molecule has 2 heterocycles. The van der Waals surface area contributed by atoms with Crippen molar-refractivity contribution in [2.24, 2.45) is 0 Å². The second-order valence-electron chi connectivity index (χ2n) is 6.34. The van der Waals surface area contributed by atoms with Gasteiger partial charge in [0, 0.05) is 11.1 Å². The van der Waals surface area contributed by atoms with E-state index in [0.29, 0.717) is 22.7 Å². The molecule has 0 spiro atoms. The Bertz CT molecular complexity index is 1250. The number of nitrogens with zero attached hydrogens (tertiary/aromatic N) is 4. The van der Waals surface area contributed by atoms with Crippen LogP contribution in [0.1, 0.15) is 5.69 Å². The molecule has 0 atom stereocenters. The zero-order valence-electron chi connectivity index (χ0n) is 16.2. The number of aromatic nitrogens is 3. The number of nitrogens with one attached hydrogen (secondary N) is 1. The largest absolute Gasteiger partial charge is 0.495 e. The van der Waals surface area contributed by atoms with Gasteiger partial charge in [-0.15, -0.1) is 0 Å². The standard InChI is InChI=1S/C21H17N5O4/c1-13-10-11-14-6-5-9-17(18(14)24-13)30-21-19(26(27)28)20(22-12-23-21)25-15-7-3-4-8-16(15)29-2/h3-12H,1-2H3,(H,22,23,25). The summed E-state index contributed by atoms with van der Waals surface area (Å²) in [6.07, 6.45) is 1.20. The Morgan fingerprint density at radius 2 is 1.80 bits per heavy atom. The molecule has 0 saturated heterocycles. The van der Waals surface area contributed by atoms with Gasteiger partial charge in [-0.2, -0.15) is 4.98 Å². The molecular weight excluding hydrogens is 386 g/mol. The highest BCUT2D eigenvalue weighted by molar-refractivity contribution is 5.85. The van der Waals surface area contributed by atoms with Crippen LogP contribution in [0, 0.1) is 17.0 Å². The fourth-order valence-electron chi connectivity index (χ4n) is 2.97. The first kappa shape index (κ1) is 19.1. The van der Waals surface area contributed by atoms with Crippen LogP contribution in [0.2, 0.25) is 0 Å². The molecule has 4 aromatic rings. The summed E-state index contributed by atoms with van der Waals surface area (Å²) >= 11 is 0. The van der Waals surface area contributed by atoms with Crippen LogP contribution in [-0.2, 0) is 0 Å². The fraction of sp³-hybridized carbons (Fsp3) is 0.0952. The number of benzene rings is 2. The number of hydrogen-bond acceptors (Lipinski definition) is 8. The molecule has 0 aliphatic carbocycles. The summed E-state index contributed by atoms with van der Waals surface area (Å²) in [4.78, 5) is 23.8. The van der Waals surface area contributed by atoms with Gasteiger partial charge in [-0.25, -0.2) is 9.97 Å². The number of rotatable bonds is 6. The molecule has 0 aliphatic heterocycles. The van der Waals surface area contributed by atoms with Crippen LogP contribution in [0.3, 0.4) is 0 Å². The van der Waals surface area contributed by atoms with Crippen LogP contribution in [0.15, 0.2) is 60.9 Å². The minimum Gasteiger partial charge on any atom is -0.495 e. The number of ether oxygens (including phenoxy) is 2. The van der Waals surface area contributed by atoms with Gasteiger partial charge in [0.1, 0.15) is 17.6 Å². The van der Waals surface area contributed by atoms with E-state index in [1.54, 1.807) is 36.4 Å².